The van der Waals surface area contributed by atoms with Gasteiger partial charge in [-0.2, -0.15) is 8.42 Å². The van der Waals surface area contributed by atoms with Gasteiger partial charge < -0.3 is 9.80 Å². The maximum Gasteiger partial charge on any atom is 0.332 e. The monoisotopic (exact) mass is 651 g/mol. The average molecular weight is 652 g/mol. The van der Waals surface area contributed by atoms with E-state index in [0.717, 1.165) is 10.5 Å². The second-order valence-corrected chi connectivity index (χ2v) is 12.7. The molecule has 0 radical (unpaired) electrons. The lowest BCUT2D eigenvalue weighted by Gasteiger charge is -2.37. The Kier molecular flexibility index (Phi) is 8.37. The molecule has 5 amide bonds. The van der Waals surface area contributed by atoms with Crippen LogP contribution in [0.4, 0.5) is 9.57 Å². The molecule has 1 atom stereocenters. The molecule has 1 N–H and O–H groups in total. The van der Waals surface area contributed by atoms with Crippen LogP contribution in [0.3, 0.4) is 0 Å². The van der Waals surface area contributed by atoms with Gasteiger partial charge in [0.25, 0.3) is 11.8 Å². The molecule has 4 heterocycles. The number of hydrogen-bond donors (Lipinski definition) is 1. The van der Waals surface area contributed by atoms with Gasteiger partial charge >= 0.3 is 10.2 Å². The average Bonchev–Trinajstić information content (AvgIpc) is 3.58. The van der Waals surface area contributed by atoms with E-state index in [9.17, 15) is 36.3 Å². The van der Waals surface area contributed by atoms with E-state index in [1.54, 1.807) is 34.0 Å². The van der Waals surface area contributed by atoms with Crippen LogP contribution in [-0.4, -0.2) is 95.0 Å². The Balaban J connectivity index is 0.998. The van der Waals surface area contributed by atoms with E-state index >= 15 is 0 Å². The third-order valence-electron chi connectivity index (χ3n) is 8.38. The van der Waals surface area contributed by atoms with Crippen molar-refractivity contribution >= 4 is 45.4 Å². The summed E-state index contributed by atoms with van der Waals surface area (Å²) in [6.45, 7) is 2.09. The van der Waals surface area contributed by atoms with Crippen LogP contribution in [0.25, 0.3) is 0 Å². The highest BCUT2D eigenvalue weighted by Crippen LogP contribution is 2.34. The first kappa shape index (κ1) is 31.0. The van der Waals surface area contributed by atoms with Crippen molar-refractivity contribution in [2.75, 3.05) is 31.1 Å². The predicted molar refractivity (Wildman–Crippen MR) is 159 cm³/mol. The molecule has 0 bridgehead atoms. The second-order valence-electron chi connectivity index (χ2n) is 11.4. The molecule has 240 valence electrons. The van der Waals surface area contributed by atoms with E-state index in [2.05, 4.69) is 15.6 Å². The molecule has 46 heavy (non-hydrogen) atoms. The second kappa shape index (κ2) is 12.4. The third-order valence-corrected chi connectivity index (χ3v) is 9.21. The summed E-state index contributed by atoms with van der Waals surface area (Å²) in [5.41, 5.74) is 2.44. The number of amides is 5. The predicted octanol–water partition coefficient (Wildman–Crippen LogP) is 1.06. The Bertz CT molecular complexity index is 1840. The summed E-state index contributed by atoms with van der Waals surface area (Å²) in [5.74, 6) is -2.23. The van der Waals surface area contributed by atoms with Gasteiger partial charge in [-0.1, -0.05) is 23.4 Å². The Morgan fingerprint density at radius 1 is 0.978 bits per heavy atom. The summed E-state index contributed by atoms with van der Waals surface area (Å²) in [7, 11) is -4.76. The lowest BCUT2D eigenvalue weighted by atomic mass is 10.0. The molecule has 1 unspecified atom stereocenters. The standard InChI is InChI=1S/C30H30FN7O7S/c31-46(44,45)21-9-7-19(8-10-21)17-37-18-20(33-34-37)3-1-6-26(40)36-15-13-35(14-16-36)23-5-2-4-22-27(23)30(43)38(29(22)42)24-11-12-25(39)32-28(24)41/h2,4-5,7-10,18,24H,1,3,6,11-17H2,(H,32,39,41). The molecule has 2 saturated heterocycles. The molecule has 14 nitrogen and oxygen atoms in total. The van der Waals surface area contributed by atoms with Crippen molar-refractivity contribution in [3.63, 3.8) is 0 Å². The zero-order chi connectivity index (χ0) is 32.6. The molecule has 0 aliphatic carbocycles. The zero-order valence-corrected chi connectivity index (χ0v) is 25.4. The maximum absolute atomic E-state index is 13.4. The lowest BCUT2D eigenvalue weighted by Crippen LogP contribution is -2.54. The molecule has 0 saturated carbocycles. The van der Waals surface area contributed by atoms with Crippen LogP contribution in [0, 0.1) is 0 Å². The summed E-state index contributed by atoms with van der Waals surface area (Å²) < 4.78 is 36.7. The number of benzene rings is 2. The van der Waals surface area contributed by atoms with E-state index < -0.39 is 44.8 Å². The number of piperazine rings is 1. The SMILES string of the molecule is O=C1CCC(N2C(=O)c3cccc(N4CCN(C(=O)CCCc5cn(Cc6ccc(S(=O)(=O)F)cc6)nn5)CC4)c3C2=O)C(=O)N1. The van der Waals surface area contributed by atoms with Crippen LogP contribution >= 0.6 is 0 Å². The molecule has 3 aliphatic rings. The van der Waals surface area contributed by atoms with Gasteiger partial charge in [0.15, 0.2) is 0 Å². The van der Waals surface area contributed by atoms with Crippen molar-refractivity contribution in [2.24, 2.45) is 0 Å². The molecular weight excluding hydrogens is 621 g/mol. The number of aromatic nitrogens is 3. The topological polar surface area (TPSA) is 172 Å². The Morgan fingerprint density at radius 2 is 1.72 bits per heavy atom. The molecule has 0 spiro atoms. The number of aryl methyl sites for hydroxylation is 1. The van der Waals surface area contributed by atoms with E-state index in [0.29, 0.717) is 63.4 Å². The molecule has 1 aromatic heterocycles. The van der Waals surface area contributed by atoms with E-state index in [1.165, 1.54) is 24.3 Å². The number of halogens is 1. The minimum absolute atomic E-state index is 0.0106. The molecule has 16 heteroatoms. The highest BCUT2D eigenvalue weighted by atomic mass is 32.3. The van der Waals surface area contributed by atoms with Crippen molar-refractivity contribution in [2.45, 2.75) is 49.6 Å². The van der Waals surface area contributed by atoms with E-state index in [1.807, 2.05) is 4.90 Å². The molecule has 3 aliphatic heterocycles. The normalized spacial score (nSPS) is 18.6. The van der Waals surface area contributed by atoms with Gasteiger partial charge in [0.2, 0.25) is 17.7 Å². The number of fused-ring (bicyclic) bond motifs is 1. The quantitative estimate of drug-likeness (QED) is 0.261. The number of carbonyl (C=O) groups is 5. The number of imide groups is 2. The Labute approximate surface area is 263 Å². The first-order valence-electron chi connectivity index (χ1n) is 14.8. The van der Waals surface area contributed by atoms with Crippen LogP contribution in [0.1, 0.15) is 57.7 Å². The highest BCUT2D eigenvalue weighted by molar-refractivity contribution is 7.86. The van der Waals surface area contributed by atoms with E-state index in [4.69, 9.17) is 0 Å². The minimum Gasteiger partial charge on any atom is -0.367 e. The van der Waals surface area contributed by atoms with Crippen LogP contribution < -0.4 is 10.2 Å². The lowest BCUT2D eigenvalue weighted by molar-refractivity contribution is -0.136. The molecule has 2 fully saturated rings. The summed E-state index contributed by atoms with van der Waals surface area (Å²) in [5, 5.41) is 10.4. The summed E-state index contributed by atoms with van der Waals surface area (Å²) >= 11 is 0. The Morgan fingerprint density at radius 3 is 2.41 bits per heavy atom. The van der Waals surface area contributed by atoms with Gasteiger partial charge in [0.1, 0.15) is 6.04 Å². The molecule has 3 aromatic rings. The van der Waals surface area contributed by atoms with Crippen molar-refractivity contribution < 1.29 is 36.3 Å². The van der Waals surface area contributed by atoms with Crippen molar-refractivity contribution in [1.29, 1.82) is 0 Å². The largest absolute Gasteiger partial charge is 0.367 e. The number of carbonyl (C=O) groups excluding carboxylic acids is 5. The highest BCUT2D eigenvalue weighted by Gasteiger charge is 2.46. The maximum atomic E-state index is 13.4. The number of hydrogen-bond acceptors (Lipinski definition) is 10. The van der Waals surface area contributed by atoms with Gasteiger partial charge in [0, 0.05) is 45.2 Å². The molecule has 6 rings (SSSR count). The van der Waals surface area contributed by atoms with Crippen LogP contribution in [0.2, 0.25) is 0 Å². The van der Waals surface area contributed by atoms with Crippen molar-refractivity contribution in [3.05, 3.63) is 71.0 Å². The smallest absolute Gasteiger partial charge is 0.332 e. The summed E-state index contributed by atoms with van der Waals surface area (Å²) in [6.07, 6.45) is 3.26. The minimum atomic E-state index is -4.76. The van der Waals surface area contributed by atoms with Crippen molar-refractivity contribution in [3.8, 4) is 0 Å². The third kappa shape index (κ3) is 6.24. The van der Waals surface area contributed by atoms with Crippen LogP contribution in [0.15, 0.2) is 53.6 Å². The Hall–Kier alpha value is -4.99. The fourth-order valence-corrected chi connectivity index (χ4v) is 6.47. The van der Waals surface area contributed by atoms with Gasteiger partial charge in [0.05, 0.1) is 33.9 Å². The van der Waals surface area contributed by atoms with E-state index in [-0.39, 0.29) is 29.9 Å². The fourth-order valence-electron chi connectivity index (χ4n) is 6.01. The fraction of sp³-hybridized carbons (Fsp3) is 0.367. The number of piperidine rings is 1. The first-order valence-corrected chi connectivity index (χ1v) is 16.2. The summed E-state index contributed by atoms with van der Waals surface area (Å²) in [4.78, 5) is 67.8. The first-order chi connectivity index (χ1) is 22.0. The molecular formula is C30H30FN7O7S. The molecule has 2 aromatic carbocycles. The number of nitrogens with zero attached hydrogens (tertiary/aromatic N) is 6. The van der Waals surface area contributed by atoms with Crippen LogP contribution in [-0.2, 0) is 37.6 Å². The van der Waals surface area contributed by atoms with Crippen LogP contribution in [0.5, 0.6) is 0 Å². The van der Waals surface area contributed by atoms with Crippen molar-refractivity contribution in [1.82, 2.24) is 30.1 Å². The number of rotatable bonds is 9. The van der Waals surface area contributed by atoms with Gasteiger partial charge in [-0.05, 0) is 49.1 Å². The summed E-state index contributed by atoms with van der Waals surface area (Å²) in [6, 6.07) is 9.36. The van der Waals surface area contributed by atoms with Gasteiger partial charge in [-0.3, -0.25) is 34.2 Å². The number of nitrogens with one attached hydrogen (secondary N) is 1. The zero-order valence-electron chi connectivity index (χ0n) is 24.6. The van der Waals surface area contributed by atoms with Gasteiger partial charge in [-0.25, -0.2) is 4.68 Å². The number of anilines is 1. The van der Waals surface area contributed by atoms with Gasteiger partial charge in [-0.15, -0.1) is 8.98 Å².